The number of ether oxygens (including phenoxy) is 2. The lowest BCUT2D eigenvalue weighted by Gasteiger charge is -2.31. The topological polar surface area (TPSA) is 84.9 Å². The van der Waals surface area contributed by atoms with Crippen molar-refractivity contribution in [3.63, 3.8) is 0 Å². The van der Waals surface area contributed by atoms with Crippen LogP contribution >= 0.6 is 12.4 Å². The minimum atomic E-state index is -3.50. The Bertz CT molecular complexity index is 651. The van der Waals surface area contributed by atoms with Gasteiger partial charge in [0.1, 0.15) is 5.75 Å². The van der Waals surface area contributed by atoms with Crippen LogP contribution in [0.2, 0.25) is 0 Å². The first kappa shape index (κ1) is 21.7. The van der Waals surface area contributed by atoms with E-state index in [-0.39, 0.29) is 42.3 Å². The second-order valence-corrected chi connectivity index (χ2v) is 7.57. The van der Waals surface area contributed by atoms with Gasteiger partial charge in [-0.05, 0) is 44.2 Å². The normalized spacial score (nSPS) is 18.2. The number of carbonyl (C=O) groups is 1. The summed E-state index contributed by atoms with van der Waals surface area (Å²) in [6, 6.07) is 6.46. The van der Waals surface area contributed by atoms with Crippen molar-refractivity contribution in [1.82, 2.24) is 9.62 Å². The molecule has 1 aliphatic rings. The number of esters is 1. The minimum Gasteiger partial charge on any atom is -0.493 e. The molecule has 0 amide bonds. The lowest BCUT2D eigenvalue weighted by atomic mass is 10.1. The quantitative estimate of drug-likeness (QED) is 0.706. The molecule has 1 aliphatic heterocycles. The van der Waals surface area contributed by atoms with Crippen molar-refractivity contribution < 1.29 is 22.7 Å². The smallest absolute Gasteiger partial charge is 0.308 e. The lowest BCUT2D eigenvalue weighted by Crippen LogP contribution is -2.46. The van der Waals surface area contributed by atoms with Gasteiger partial charge in [0, 0.05) is 19.1 Å². The van der Waals surface area contributed by atoms with Crippen LogP contribution in [-0.4, -0.2) is 58.6 Å². The van der Waals surface area contributed by atoms with Crippen LogP contribution in [0.3, 0.4) is 0 Å². The first-order valence-corrected chi connectivity index (χ1v) is 9.38. The summed E-state index contributed by atoms with van der Waals surface area (Å²) in [6.07, 6.45) is 1.98. The number of hydrogen-bond acceptors (Lipinski definition) is 6. The van der Waals surface area contributed by atoms with E-state index in [0.29, 0.717) is 18.8 Å². The molecule has 1 fully saturated rings. The molecule has 0 spiro atoms. The maximum absolute atomic E-state index is 12.7. The summed E-state index contributed by atoms with van der Waals surface area (Å²) in [6.45, 7) is 1.21. The average Bonchev–Trinajstić information content (AvgIpc) is 2.62. The third kappa shape index (κ3) is 5.85. The second-order valence-electron chi connectivity index (χ2n) is 5.64. The van der Waals surface area contributed by atoms with Crippen molar-refractivity contribution in [3.8, 4) is 5.75 Å². The predicted octanol–water partition coefficient (Wildman–Crippen LogP) is 1.42. The Morgan fingerprint density at radius 1 is 1.32 bits per heavy atom. The largest absolute Gasteiger partial charge is 0.493 e. The van der Waals surface area contributed by atoms with E-state index < -0.39 is 10.0 Å². The number of methoxy groups -OCH3 is 1. The molecule has 1 heterocycles. The summed E-state index contributed by atoms with van der Waals surface area (Å²) in [7, 11) is -0.327. The highest BCUT2D eigenvalue weighted by Crippen LogP contribution is 2.23. The molecule has 0 bridgehead atoms. The molecule has 1 aromatic carbocycles. The number of benzene rings is 1. The molecule has 1 saturated heterocycles. The number of rotatable bonds is 7. The Morgan fingerprint density at radius 2 is 2.00 bits per heavy atom. The summed E-state index contributed by atoms with van der Waals surface area (Å²) in [5, 5.41) is 3.14. The van der Waals surface area contributed by atoms with Crippen molar-refractivity contribution >= 4 is 28.4 Å². The maximum Gasteiger partial charge on any atom is 0.308 e. The van der Waals surface area contributed by atoms with Crippen LogP contribution in [0.25, 0.3) is 0 Å². The van der Waals surface area contributed by atoms with Gasteiger partial charge in [-0.3, -0.25) is 4.79 Å². The number of nitrogens with zero attached hydrogens (tertiary/aromatic N) is 1. The number of likely N-dealkylation sites (N-methyl/N-ethyl adjacent to an activating group) is 1. The van der Waals surface area contributed by atoms with Gasteiger partial charge in [-0.15, -0.1) is 12.4 Å². The molecule has 9 heteroatoms. The van der Waals surface area contributed by atoms with Crippen LogP contribution in [0.5, 0.6) is 5.75 Å². The molecule has 1 N–H and O–H groups in total. The van der Waals surface area contributed by atoms with E-state index in [4.69, 9.17) is 4.74 Å². The van der Waals surface area contributed by atoms with E-state index in [1.807, 2.05) is 7.05 Å². The maximum atomic E-state index is 12.7. The molecular weight excluding hydrogens is 368 g/mol. The first-order valence-electron chi connectivity index (χ1n) is 7.94. The molecule has 1 aromatic rings. The molecule has 25 heavy (non-hydrogen) atoms. The first-order chi connectivity index (χ1) is 11.5. The van der Waals surface area contributed by atoms with Gasteiger partial charge in [0.15, 0.2) is 0 Å². The van der Waals surface area contributed by atoms with Gasteiger partial charge < -0.3 is 14.8 Å². The van der Waals surface area contributed by atoms with E-state index in [1.54, 1.807) is 12.1 Å². The highest BCUT2D eigenvalue weighted by atomic mass is 35.5. The summed E-state index contributed by atoms with van der Waals surface area (Å²) < 4.78 is 36.9. The zero-order valence-corrected chi connectivity index (χ0v) is 16.1. The molecule has 0 radical (unpaired) electrons. The van der Waals surface area contributed by atoms with Crippen molar-refractivity contribution in [3.05, 3.63) is 24.3 Å². The number of halogens is 1. The monoisotopic (exact) mass is 392 g/mol. The Balaban J connectivity index is 0.00000312. The Hall–Kier alpha value is -1.35. The van der Waals surface area contributed by atoms with Crippen molar-refractivity contribution in [2.45, 2.75) is 30.2 Å². The van der Waals surface area contributed by atoms with Gasteiger partial charge in [0.2, 0.25) is 10.0 Å². The SMILES string of the molecule is CNC1CCCN(S(=O)(=O)c2ccc(OCCC(=O)OC)cc2)C1.Cl. The molecule has 1 atom stereocenters. The molecule has 2 rings (SSSR count). The fraction of sp³-hybridized carbons (Fsp3) is 0.562. The van der Waals surface area contributed by atoms with Gasteiger partial charge >= 0.3 is 5.97 Å². The van der Waals surface area contributed by atoms with Gasteiger partial charge in [-0.1, -0.05) is 0 Å². The number of piperidine rings is 1. The van der Waals surface area contributed by atoms with Gasteiger partial charge in [-0.25, -0.2) is 8.42 Å². The van der Waals surface area contributed by atoms with Gasteiger partial charge in [0.25, 0.3) is 0 Å². The van der Waals surface area contributed by atoms with E-state index in [9.17, 15) is 13.2 Å². The van der Waals surface area contributed by atoms with E-state index in [2.05, 4.69) is 10.1 Å². The second kappa shape index (κ2) is 9.96. The molecule has 0 aromatic heterocycles. The fourth-order valence-corrected chi connectivity index (χ4v) is 4.13. The molecule has 7 nitrogen and oxygen atoms in total. The number of nitrogens with one attached hydrogen (secondary N) is 1. The van der Waals surface area contributed by atoms with E-state index in [0.717, 1.165) is 12.8 Å². The molecule has 1 unspecified atom stereocenters. The highest BCUT2D eigenvalue weighted by Gasteiger charge is 2.29. The summed E-state index contributed by atoms with van der Waals surface area (Å²) in [5.41, 5.74) is 0. The average molecular weight is 393 g/mol. The number of hydrogen-bond donors (Lipinski definition) is 1. The summed E-state index contributed by atoms with van der Waals surface area (Å²) in [4.78, 5) is 11.3. The van der Waals surface area contributed by atoms with Crippen LogP contribution in [0, 0.1) is 0 Å². The molecule has 0 aliphatic carbocycles. The van der Waals surface area contributed by atoms with E-state index in [1.165, 1.54) is 23.5 Å². The van der Waals surface area contributed by atoms with E-state index >= 15 is 0 Å². The third-order valence-corrected chi connectivity index (χ3v) is 5.94. The summed E-state index contributed by atoms with van der Waals surface area (Å²) >= 11 is 0. The lowest BCUT2D eigenvalue weighted by molar-refractivity contribution is -0.141. The Labute approximate surface area is 155 Å². The predicted molar refractivity (Wildman–Crippen MR) is 96.7 cm³/mol. The van der Waals surface area contributed by atoms with Crippen LogP contribution < -0.4 is 10.1 Å². The Kier molecular flexibility index (Phi) is 8.64. The Morgan fingerprint density at radius 3 is 2.60 bits per heavy atom. The minimum absolute atomic E-state index is 0. The zero-order chi connectivity index (χ0) is 17.6. The number of carbonyl (C=O) groups excluding carboxylic acids is 1. The summed E-state index contributed by atoms with van der Waals surface area (Å²) in [5.74, 6) is 0.169. The van der Waals surface area contributed by atoms with Crippen LogP contribution in [0.4, 0.5) is 0 Å². The van der Waals surface area contributed by atoms with Gasteiger partial charge in [0.05, 0.1) is 25.0 Å². The van der Waals surface area contributed by atoms with Crippen LogP contribution in [0.1, 0.15) is 19.3 Å². The van der Waals surface area contributed by atoms with Crippen molar-refractivity contribution in [2.24, 2.45) is 0 Å². The standard InChI is InChI=1S/C16H24N2O5S.ClH/c1-17-13-4-3-10-18(12-13)24(20,21)15-7-5-14(6-8-15)23-11-9-16(19)22-2;/h5-8,13,17H,3-4,9-12H2,1-2H3;1H. The van der Waals surface area contributed by atoms with Crippen LogP contribution in [-0.2, 0) is 19.6 Å². The number of sulfonamides is 1. The van der Waals surface area contributed by atoms with Gasteiger partial charge in [-0.2, -0.15) is 4.31 Å². The third-order valence-electron chi connectivity index (χ3n) is 4.06. The van der Waals surface area contributed by atoms with Crippen molar-refractivity contribution in [2.75, 3.05) is 33.9 Å². The fourth-order valence-electron chi connectivity index (χ4n) is 2.61. The molecular formula is C16H25ClN2O5S. The highest BCUT2D eigenvalue weighted by molar-refractivity contribution is 7.89. The zero-order valence-electron chi connectivity index (χ0n) is 14.4. The van der Waals surface area contributed by atoms with Crippen molar-refractivity contribution in [1.29, 1.82) is 0 Å². The molecule has 142 valence electrons. The van der Waals surface area contributed by atoms with Crippen LogP contribution in [0.15, 0.2) is 29.2 Å². The molecule has 0 saturated carbocycles.